The van der Waals surface area contributed by atoms with E-state index in [0.717, 1.165) is 11.3 Å². The van der Waals surface area contributed by atoms with Crippen molar-refractivity contribution in [2.75, 3.05) is 14.2 Å². The van der Waals surface area contributed by atoms with Gasteiger partial charge in [-0.05, 0) is 35.3 Å². The van der Waals surface area contributed by atoms with Crippen molar-refractivity contribution in [3.05, 3.63) is 70.8 Å². The Labute approximate surface area is 119 Å². The zero-order valence-corrected chi connectivity index (χ0v) is 12.0. The van der Waals surface area contributed by atoms with Crippen LogP contribution in [0.1, 0.15) is 29.7 Å². The van der Waals surface area contributed by atoms with E-state index in [1.54, 1.807) is 14.2 Å². The van der Waals surface area contributed by atoms with Crippen LogP contribution in [0.3, 0.4) is 0 Å². The molecule has 1 unspecified atom stereocenters. The summed E-state index contributed by atoms with van der Waals surface area (Å²) in [4.78, 5) is 0. The fraction of sp³-hybridized carbons (Fsp3) is 0.222. The van der Waals surface area contributed by atoms with Gasteiger partial charge in [0.2, 0.25) is 0 Å². The van der Waals surface area contributed by atoms with Crippen LogP contribution in [0.15, 0.2) is 54.1 Å². The molecule has 20 heavy (non-hydrogen) atoms. The van der Waals surface area contributed by atoms with Gasteiger partial charge in [0.1, 0.15) is 11.9 Å². The van der Waals surface area contributed by atoms with Gasteiger partial charge in [0.15, 0.2) is 0 Å². The van der Waals surface area contributed by atoms with Crippen molar-refractivity contribution in [1.29, 1.82) is 0 Å². The Morgan fingerprint density at radius 2 is 1.65 bits per heavy atom. The van der Waals surface area contributed by atoms with Crippen LogP contribution in [0.5, 0.6) is 5.75 Å². The number of ether oxygens (including phenoxy) is 2. The molecular weight excluding hydrogens is 248 g/mol. The molecule has 1 aliphatic carbocycles. The van der Waals surface area contributed by atoms with Gasteiger partial charge in [0.05, 0.1) is 7.11 Å². The highest BCUT2D eigenvalue weighted by Gasteiger charge is 2.32. The number of hydrogen-bond donors (Lipinski definition) is 0. The molecule has 3 rings (SSSR count). The molecule has 0 saturated carbocycles. The maximum absolute atomic E-state index is 5.71. The van der Waals surface area contributed by atoms with E-state index in [1.165, 1.54) is 22.3 Å². The third kappa shape index (κ3) is 1.84. The number of rotatable bonds is 3. The second-order valence-electron chi connectivity index (χ2n) is 4.96. The predicted molar refractivity (Wildman–Crippen MR) is 80.9 cm³/mol. The molecule has 0 N–H and O–H groups in total. The van der Waals surface area contributed by atoms with Crippen molar-refractivity contribution in [3.8, 4) is 5.75 Å². The normalized spacial score (nSPS) is 17.2. The topological polar surface area (TPSA) is 18.5 Å². The van der Waals surface area contributed by atoms with Crippen LogP contribution in [0.25, 0.3) is 5.57 Å². The molecule has 2 nitrogen and oxygen atoms in total. The van der Waals surface area contributed by atoms with Crippen molar-refractivity contribution in [2.24, 2.45) is 0 Å². The molecule has 0 saturated heterocycles. The number of methoxy groups -OCH3 is 2. The van der Waals surface area contributed by atoms with Gasteiger partial charge < -0.3 is 9.47 Å². The van der Waals surface area contributed by atoms with Gasteiger partial charge in [-0.15, -0.1) is 0 Å². The van der Waals surface area contributed by atoms with E-state index in [0.29, 0.717) is 0 Å². The highest BCUT2D eigenvalue weighted by atomic mass is 16.5. The predicted octanol–water partition coefficient (Wildman–Crippen LogP) is 4.22. The largest absolute Gasteiger partial charge is 0.496 e. The molecule has 2 aromatic carbocycles. The minimum atomic E-state index is -0.0312. The fourth-order valence-electron chi connectivity index (χ4n) is 3.05. The molecular formula is C18H18O2. The Bertz CT molecular complexity index is 656. The van der Waals surface area contributed by atoms with E-state index in [4.69, 9.17) is 9.47 Å². The molecule has 0 fully saturated rings. The van der Waals surface area contributed by atoms with Crippen molar-refractivity contribution in [2.45, 2.75) is 13.0 Å². The number of benzene rings is 2. The first kappa shape index (κ1) is 12.9. The van der Waals surface area contributed by atoms with Crippen LogP contribution in [0, 0.1) is 0 Å². The van der Waals surface area contributed by atoms with E-state index in [2.05, 4.69) is 37.3 Å². The van der Waals surface area contributed by atoms with Crippen LogP contribution in [0.2, 0.25) is 0 Å². The van der Waals surface area contributed by atoms with Gasteiger partial charge in [-0.3, -0.25) is 0 Å². The third-order valence-corrected chi connectivity index (χ3v) is 3.90. The van der Waals surface area contributed by atoms with Crippen LogP contribution < -0.4 is 4.74 Å². The fourth-order valence-corrected chi connectivity index (χ4v) is 3.05. The van der Waals surface area contributed by atoms with E-state index in [1.807, 2.05) is 18.2 Å². The zero-order chi connectivity index (χ0) is 14.1. The highest BCUT2D eigenvalue weighted by Crippen LogP contribution is 2.48. The molecule has 0 heterocycles. The summed E-state index contributed by atoms with van der Waals surface area (Å²) in [6, 6.07) is 16.6. The maximum Gasteiger partial charge on any atom is 0.125 e. The molecule has 0 bridgehead atoms. The Hall–Kier alpha value is -2.06. The van der Waals surface area contributed by atoms with Crippen LogP contribution in [-0.2, 0) is 4.74 Å². The van der Waals surface area contributed by atoms with E-state index in [9.17, 15) is 0 Å². The number of hydrogen-bond acceptors (Lipinski definition) is 2. The Balaban J connectivity index is 2.24. The summed E-state index contributed by atoms with van der Waals surface area (Å²) in [5.74, 6) is 0.889. The number of fused-ring (bicyclic) bond motifs is 1. The van der Waals surface area contributed by atoms with Gasteiger partial charge in [0, 0.05) is 12.7 Å². The first-order valence-electron chi connectivity index (χ1n) is 6.74. The highest BCUT2D eigenvalue weighted by molar-refractivity contribution is 5.89. The zero-order valence-electron chi connectivity index (χ0n) is 12.0. The summed E-state index contributed by atoms with van der Waals surface area (Å²) in [7, 11) is 3.45. The summed E-state index contributed by atoms with van der Waals surface area (Å²) in [5, 5.41) is 0. The van der Waals surface area contributed by atoms with Crippen molar-refractivity contribution >= 4 is 5.57 Å². The standard InChI is InChI=1S/C18H18O2/c1-12-16(13-8-5-4-6-9-13)14-10-7-11-15(19-2)17(14)18(12)20-3/h4-11,18H,1-3H3. The third-order valence-electron chi connectivity index (χ3n) is 3.90. The molecule has 0 spiro atoms. The molecule has 0 amide bonds. The lowest BCUT2D eigenvalue weighted by Gasteiger charge is -2.15. The SMILES string of the molecule is COc1cccc2c1C(OC)C(C)=C2c1ccccc1. The monoisotopic (exact) mass is 266 g/mol. The van der Waals surface area contributed by atoms with Crippen molar-refractivity contribution in [1.82, 2.24) is 0 Å². The minimum Gasteiger partial charge on any atom is -0.496 e. The quantitative estimate of drug-likeness (QED) is 0.828. The van der Waals surface area contributed by atoms with Crippen LogP contribution >= 0.6 is 0 Å². The molecule has 102 valence electrons. The van der Waals surface area contributed by atoms with Gasteiger partial charge in [0.25, 0.3) is 0 Å². The van der Waals surface area contributed by atoms with Crippen molar-refractivity contribution in [3.63, 3.8) is 0 Å². The smallest absolute Gasteiger partial charge is 0.125 e. The molecule has 2 aromatic rings. The average molecular weight is 266 g/mol. The first-order valence-corrected chi connectivity index (χ1v) is 6.74. The first-order chi connectivity index (χ1) is 9.77. The summed E-state index contributed by atoms with van der Waals surface area (Å²) in [5.41, 5.74) is 6.05. The molecule has 2 heteroatoms. The average Bonchev–Trinajstić information content (AvgIpc) is 2.79. The van der Waals surface area contributed by atoms with Gasteiger partial charge in [-0.25, -0.2) is 0 Å². The van der Waals surface area contributed by atoms with E-state index in [-0.39, 0.29) is 6.10 Å². The second kappa shape index (κ2) is 5.14. The molecule has 0 aromatic heterocycles. The Morgan fingerprint density at radius 3 is 2.30 bits per heavy atom. The molecule has 1 atom stereocenters. The van der Waals surface area contributed by atoms with E-state index >= 15 is 0 Å². The molecule has 1 aliphatic rings. The summed E-state index contributed by atoms with van der Waals surface area (Å²) in [6.45, 7) is 2.13. The van der Waals surface area contributed by atoms with Gasteiger partial charge in [-0.1, -0.05) is 42.5 Å². The van der Waals surface area contributed by atoms with Crippen molar-refractivity contribution < 1.29 is 9.47 Å². The Morgan fingerprint density at radius 1 is 0.900 bits per heavy atom. The summed E-state index contributed by atoms with van der Waals surface area (Å²) in [6.07, 6.45) is -0.0312. The Kier molecular flexibility index (Phi) is 3.33. The summed E-state index contributed by atoms with van der Waals surface area (Å²) < 4.78 is 11.2. The summed E-state index contributed by atoms with van der Waals surface area (Å²) >= 11 is 0. The van der Waals surface area contributed by atoms with Crippen LogP contribution in [0.4, 0.5) is 0 Å². The lowest BCUT2D eigenvalue weighted by molar-refractivity contribution is 0.133. The molecule has 0 aliphatic heterocycles. The maximum atomic E-state index is 5.71. The van der Waals surface area contributed by atoms with Crippen LogP contribution in [-0.4, -0.2) is 14.2 Å². The van der Waals surface area contributed by atoms with Gasteiger partial charge in [-0.2, -0.15) is 0 Å². The molecule has 0 radical (unpaired) electrons. The lowest BCUT2D eigenvalue weighted by Crippen LogP contribution is -2.01. The van der Waals surface area contributed by atoms with Gasteiger partial charge >= 0.3 is 0 Å². The van der Waals surface area contributed by atoms with E-state index < -0.39 is 0 Å². The minimum absolute atomic E-state index is 0.0312. The lowest BCUT2D eigenvalue weighted by atomic mass is 9.98. The second-order valence-corrected chi connectivity index (χ2v) is 4.96.